The van der Waals surface area contributed by atoms with E-state index in [0.717, 1.165) is 5.56 Å². The molecule has 0 spiro atoms. The highest BCUT2D eigenvalue weighted by Gasteiger charge is 2.52. The Bertz CT molecular complexity index is 521. The predicted octanol–water partition coefficient (Wildman–Crippen LogP) is 0.711. The van der Waals surface area contributed by atoms with Crippen molar-refractivity contribution in [3.8, 4) is 6.07 Å². The van der Waals surface area contributed by atoms with Gasteiger partial charge in [0.1, 0.15) is 11.8 Å². The fourth-order valence-corrected chi connectivity index (χ4v) is 2.00. The molecule has 0 radical (unpaired) electrons. The van der Waals surface area contributed by atoms with Crippen LogP contribution in [-0.4, -0.2) is 23.3 Å². The average molecular weight is 259 g/mol. The van der Waals surface area contributed by atoms with Gasteiger partial charge in [0, 0.05) is 18.2 Å². The second-order valence-corrected chi connectivity index (χ2v) is 5.64. The first kappa shape index (κ1) is 14.0. The van der Waals surface area contributed by atoms with Gasteiger partial charge in [-0.25, -0.2) is 4.98 Å². The predicted molar refractivity (Wildman–Crippen MR) is 72.6 cm³/mol. The molecule has 1 fully saturated rings. The zero-order valence-corrected chi connectivity index (χ0v) is 11.7. The molecule has 1 aromatic rings. The van der Waals surface area contributed by atoms with Gasteiger partial charge in [-0.15, -0.1) is 0 Å². The quantitative estimate of drug-likeness (QED) is 0.791. The third-order valence-electron chi connectivity index (χ3n) is 3.90. The summed E-state index contributed by atoms with van der Waals surface area (Å²) in [6, 6.07) is 3.87. The first-order valence-electron chi connectivity index (χ1n) is 6.26. The van der Waals surface area contributed by atoms with E-state index in [1.807, 2.05) is 27.7 Å². The molecule has 100 valence electrons. The van der Waals surface area contributed by atoms with Gasteiger partial charge in [-0.05, 0) is 39.3 Å². The lowest BCUT2D eigenvalue weighted by Crippen LogP contribution is -2.41. The van der Waals surface area contributed by atoms with Gasteiger partial charge in [0.2, 0.25) is 0 Å². The zero-order valence-electron chi connectivity index (χ0n) is 11.7. The average Bonchev–Trinajstić information content (AvgIpc) is 2.57. The van der Waals surface area contributed by atoms with Gasteiger partial charge < -0.3 is 15.0 Å². The fraction of sp³-hybridized carbons (Fsp3) is 0.538. The maximum Gasteiger partial charge on any atom is 0.498 e. The van der Waals surface area contributed by atoms with Crippen LogP contribution >= 0.6 is 0 Å². The summed E-state index contributed by atoms with van der Waals surface area (Å²) in [6.07, 6.45) is 1.58. The van der Waals surface area contributed by atoms with Gasteiger partial charge in [0.05, 0.1) is 11.2 Å². The van der Waals surface area contributed by atoms with Crippen molar-refractivity contribution >= 4 is 12.6 Å². The number of hydrogen-bond acceptors (Lipinski definition) is 5. The lowest BCUT2D eigenvalue weighted by Gasteiger charge is -2.32. The summed E-state index contributed by atoms with van der Waals surface area (Å²) in [5, 5.41) is 9.19. The summed E-state index contributed by atoms with van der Waals surface area (Å²) in [4.78, 5) is 4.07. The Kier molecular flexibility index (Phi) is 3.39. The number of nitrogens with two attached hydrogens (primary N) is 1. The van der Waals surface area contributed by atoms with E-state index >= 15 is 0 Å². The van der Waals surface area contributed by atoms with Crippen LogP contribution in [0, 0.1) is 11.3 Å². The van der Waals surface area contributed by atoms with Crippen LogP contribution in [0.25, 0.3) is 0 Å². The Morgan fingerprint density at radius 2 is 1.89 bits per heavy atom. The Labute approximate surface area is 113 Å². The number of nitrogens with zero attached hydrogens (tertiary/aromatic N) is 2. The van der Waals surface area contributed by atoms with E-state index in [1.54, 1.807) is 12.3 Å². The summed E-state index contributed by atoms with van der Waals surface area (Å²) >= 11 is 0. The maximum absolute atomic E-state index is 9.19. The van der Waals surface area contributed by atoms with Gasteiger partial charge in [-0.1, -0.05) is 0 Å². The first-order valence-corrected chi connectivity index (χ1v) is 6.26. The summed E-state index contributed by atoms with van der Waals surface area (Å²) in [7, 11) is -0.605. The molecule has 0 aromatic carbocycles. The minimum Gasteiger partial charge on any atom is -0.399 e. The molecule has 1 saturated heterocycles. The lowest BCUT2D eigenvalue weighted by molar-refractivity contribution is 0.00578. The second kappa shape index (κ2) is 4.60. The van der Waals surface area contributed by atoms with E-state index in [9.17, 15) is 5.26 Å². The summed E-state index contributed by atoms with van der Waals surface area (Å²) in [5.41, 5.74) is 6.60. The summed E-state index contributed by atoms with van der Waals surface area (Å²) < 4.78 is 11.9. The van der Waals surface area contributed by atoms with Crippen LogP contribution in [0.2, 0.25) is 0 Å². The van der Waals surface area contributed by atoms with Crippen LogP contribution in [0.3, 0.4) is 0 Å². The topological polar surface area (TPSA) is 81.2 Å². The van der Waals surface area contributed by atoms with E-state index in [2.05, 4.69) is 11.1 Å². The molecule has 0 bridgehead atoms. The van der Waals surface area contributed by atoms with E-state index in [1.165, 1.54) is 0 Å². The van der Waals surface area contributed by atoms with Gasteiger partial charge in [-0.3, -0.25) is 0 Å². The van der Waals surface area contributed by atoms with E-state index in [0.29, 0.717) is 17.7 Å². The van der Waals surface area contributed by atoms with E-state index < -0.39 is 18.3 Å². The van der Waals surface area contributed by atoms with Gasteiger partial charge in [0.25, 0.3) is 0 Å². The molecule has 19 heavy (non-hydrogen) atoms. The van der Waals surface area contributed by atoms with Crippen molar-refractivity contribution in [2.75, 3.05) is 0 Å². The summed E-state index contributed by atoms with van der Waals surface area (Å²) in [6.45, 7) is 8.20. The van der Waals surface area contributed by atoms with Crippen molar-refractivity contribution in [3.63, 3.8) is 0 Å². The smallest absolute Gasteiger partial charge is 0.399 e. The molecule has 2 rings (SSSR count). The van der Waals surface area contributed by atoms with Crippen LogP contribution in [0.5, 0.6) is 0 Å². The maximum atomic E-state index is 9.19. The SMILES string of the molecule is CC1(C)OB(c2c(CN)ccnc2C#N)OC1(C)C. The Morgan fingerprint density at radius 1 is 1.32 bits per heavy atom. The van der Waals surface area contributed by atoms with Crippen molar-refractivity contribution in [1.82, 2.24) is 4.98 Å². The molecule has 0 saturated carbocycles. The molecule has 1 aromatic heterocycles. The van der Waals surface area contributed by atoms with Crippen LogP contribution in [0.4, 0.5) is 0 Å². The number of aromatic nitrogens is 1. The Hall–Kier alpha value is -1.42. The van der Waals surface area contributed by atoms with E-state index in [-0.39, 0.29) is 0 Å². The number of nitriles is 1. The zero-order chi connectivity index (χ0) is 14.3. The first-order chi connectivity index (χ1) is 8.82. The van der Waals surface area contributed by atoms with Crippen molar-refractivity contribution in [1.29, 1.82) is 5.26 Å². The highest BCUT2D eigenvalue weighted by Crippen LogP contribution is 2.36. The van der Waals surface area contributed by atoms with Crippen molar-refractivity contribution in [2.45, 2.75) is 45.4 Å². The van der Waals surface area contributed by atoms with Crippen LogP contribution in [0.1, 0.15) is 39.0 Å². The molecule has 0 aliphatic carbocycles. The lowest BCUT2D eigenvalue weighted by atomic mass is 9.75. The summed E-state index contributed by atoms with van der Waals surface area (Å²) in [5.74, 6) is 0. The van der Waals surface area contributed by atoms with Crippen LogP contribution in [-0.2, 0) is 15.9 Å². The fourth-order valence-electron chi connectivity index (χ4n) is 2.00. The minimum absolute atomic E-state index is 0.307. The number of hydrogen-bond donors (Lipinski definition) is 1. The number of rotatable bonds is 2. The molecule has 0 amide bonds. The van der Waals surface area contributed by atoms with Crippen LogP contribution < -0.4 is 11.2 Å². The molecule has 5 nitrogen and oxygen atoms in total. The van der Waals surface area contributed by atoms with Gasteiger partial charge in [0.15, 0.2) is 0 Å². The van der Waals surface area contributed by atoms with Crippen molar-refractivity contribution < 1.29 is 9.31 Å². The normalized spacial score (nSPS) is 20.3. The molecule has 2 heterocycles. The molecular formula is C13H18BN3O2. The highest BCUT2D eigenvalue weighted by molar-refractivity contribution is 6.63. The van der Waals surface area contributed by atoms with Crippen molar-refractivity contribution in [3.05, 3.63) is 23.5 Å². The molecule has 0 atom stereocenters. The monoisotopic (exact) mass is 259 g/mol. The van der Waals surface area contributed by atoms with Gasteiger partial charge in [-0.2, -0.15) is 5.26 Å². The molecule has 0 unspecified atom stereocenters. The molecular weight excluding hydrogens is 241 g/mol. The Morgan fingerprint density at radius 3 is 2.37 bits per heavy atom. The largest absolute Gasteiger partial charge is 0.498 e. The minimum atomic E-state index is -0.605. The molecule has 1 aliphatic heterocycles. The molecule has 2 N–H and O–H groups in total. The second-order valence-electron chi connectivity index (χ2n) is 5.64. The molecule has 6 heteroatoms. The van der Waals surface area contributed by atoms with Crippen LogP contribution in [0.15, 0.2) is 12.3 Å². The third-order valence-corrected chi connectivity index (χ3v) is 3.90. The highest BCUT2D eigenvalue weighted by atomic mass is 16.7. The van der Waals surface area contributed by atoms with Crippen molar-refractivity contribution in [2.24, 2.45) is 5.73 Å². The van der Waals surface area contributed by atoms with E-state index in [4.69, 9.17) is 15.0 Å². The third kappa shape index (κ3) is 2.25. The molecule has 1 aliphatic rings. The standard InChI is InChI=1S/C13H18BN3O2/c1-12(2)13(3,4)19-14(18-12)11-9(7-15)5-6-17-10(11)8-16/h5-6H,7,15H2,1-4H3. The Balaban J connectivity index is 2.48. The number of pyridine rings is 1. The van der Waals surface area contributed by atoms with Gasteiger partial charge >= 0.3 is 7.12 Å².